The van der Waals surface area contributed by atoms with Crippen LogP contribution < -0.4 is 15.2 Å². The van der Waals surface area contributed by atoms with E-state index in [1.165, 1.54) is 11.8 Å². The molecule has 1 aromatic carbocycles. The van der Waals surface area contributed by atoms with Gasteiger partial charge in [0.25, 0.3) is 0 Å². The van der Waals surface area contributed by atoms with Crippen LogP contribution >= 0.6 is 27.7 Å². The van der Waals surface area contributed by atoms with E-state index in [1.54, 1.807) is 26.6 Å². The Morgan fingerprint density at radius 3 is 2.50 bits per heavy atom. The number of rotatable bonds is 5. The van der Waals surface area contributed by atoms with Gasteiger partial charge in [-0.05, 0) is 28.1 Å². The Bertz CT molecular complexity index is 610. The number of methoxy groups -OCH3 is 2. The number of benzene rings is 1. The van der Waals surface area contributed by atoms with Crippen molar-refractivity contribution in [1.29, 1.82) is 0 Å². The minimum atomic E-state index is 0.431. The predicted molar refractivity (Wildman–Crippen MR) is 83.3 cm³/mol. The van der Waals surface area contributed by atoms with Gasteiger partial charge in [-0.3, -0.25) is 0 Å². The molecule has 0 spiro atoms. The normalized spacial score (nSPS) is 10.3. The highest BCUT2D eigenvalue weighted by Gasteiger charge is 2.11. The molecule has 0 radical (unpaired) electrons. The number of hydrogen-bond donors (Lipinski definition) is 1. The van der Waals surface area contributed by atoms with Gasteiger partial charge in [-0.2, -0.15) is 0 Å². The average Bonchev–Trinajstić information content (AvgIpc) is 2.47. The van der Waals surface area contributed by atoms with Crippen molar-refractivity contribution in [3.8, 4) is 11.5 Å². The SMILES string of the molecule is COc1cc(CSc2nccnc2N)c(OC)cc1Br. The standard InChI is InChI=1S/C13H14BrN3O2S/c1-18-10-6-9(14)11(19-2)5-8(10)7-20-13-12(15)16-3-4-17-13/h3-6H,7H2,1-2H3,(H2,15,16). The molecule has 2 aromatic rings. The first-order chi connectivity index (χ1) is 9.65. The maximum atomic E-state index is 5.78. The van der Waals surface area contributed by atoms with Crippen molar-refractivity contribution < 1.29 is 9.47 Å². The van der Waals surface area contributed by atoms with Crippen molar-refractivity contribution in [1.82, 2.24) is 9.97 Å². The van der Waals surface area contributed by atoms with E-state index in [4.69, 9.17) is 15.2 Å². The molecule has 2 rings (SSSR count). The summed E-state index contributed by atoms with van der Waals surface area (Å²) < 4.78 is 11.5. The van der Waals surface area contributed by atoms with Crippen molar-refractivity contribution in [3.05, 3.63) is 34.6 Å². The van der Waals surface area contributed by atoms with E-state index in [0.717, 1.165) is 21.5 Å². The highest BCUT2D eigenvalue weighted by Crippen LogP contribution is 2.36. The van der Waals surface area contributed by atoms with Crippen molar-refractivity contribution >= 4 is 33.5 Å². The van der Waals surface area contributed by atoms with Gasteiger partial charge in [0.2, 0.25) is 0 Å². The summed E-state index contributed by atoms with van der Waals surface area (Å²) in [5.74, 6) is 2.64. The molecule has 0 fully saturated rings. The second-order valence-corrected chi connectivity index (χ2v) is 5.65. The van der Waals surface area contributed by atoms with Crippen molar-refractivity contribution in [2.24, 2.45) is 0 Å². The van der Waals surface area contributed by atoms with E-state index in [2.05, 4.69) is 25.9 Å². The maximum Gasteiger partial charge on any atom is 0.156 e. The molecule has 20 heavy (non-hydrogen) atoms. The molecule has 0 aliphatic rings. The number of nitrogen functional groups attached to an aromatic ring is 1. The molecule has 0 atom stereocenters. The molecule has 0 saturated carbocycles. The summed E-state index contributed by atoms with van der Waals surface area (Å²) in [7, 11) is 3.27. The van der Waals surface area contributed by atoms with Gasteiger partial charge in [0.05, 0.1) is 18.7 Å². The van der Waals surface area contributed by atoms with Crippen molar-refractivity contribution in [2.45, 2.75) is 10.8 Å². The second kappa shape index (κ2) is 6.81. The van der Waals surface area contributed by atoms with Gasteiger partial charge in [-0.1, -0.05) is 11.8 Å². The second-order valence-electron chi connectivity index (χ2n) is 3.83. The Hall–Kier alpha value is -1.47. The zero-order chi connectivity index (χ0) is 14.5. The quantitative estimate of drug-likeness (QED) is 0.830. The summed E-state index contributed by atoms with van der Waals surface area (Å²) >= 11 is 4.94. The third-order valence-electron chi connectivity index (χ3n) is 2.61. The highest BCUT2D eigenvalue weighted by molar-refractivity contribution is 9.10. The Kier molecular flexibility index (Phi) is 5.08. The van der Waals surface area contributed by atoms with Gasteiger partial charge < -0.3 is 15.2 Å². The summed E-state index contributed by atoms with van der Waals surface area (Å²) in [5.41, 5.74) is 6.78. The molecular formula is C13H14BrN3O2S. The van der Waals surface area contributed by atoms with Gasteiger partial charge in [0.15, 0.2) is 5.82 Å². The fourth-order valence-electron chi connectivity index (χ4n) is 1.63. The van der Waals surface area contributed by atoms with Crippen LogP contribution in [0.15, 0.2) is 34.0 Å². The topological polar surface area (TPSA) is 70.3 Å². The third-order valence-corrected chi connectivity index (χ3v) is 4.27. The van der Waals surface area contributed by atoms with E-state index in [9.17, 15) is 0 Å². The Balaban J connectivity index is 2.22. The van der Waals surface area contributed by atoms with Crippen LogP contribution in [0.2, 0.25) is 0 Å². The van der Waals surface area contributed by atoms with Gasteiger partial charge in [-0.15, -0.1) is 0 Å². The number of nitrogens with zero attached hydrogens (tertiary/aromatic N) is 2. The fourth-order valence-corrected chi connectivity index (χ4v) is 2.97. The van der Waals surface area contributed by atoms with Crippen LogP contribution in [0.4, 0.5) is 5.82 Å². The summed E-state index contributed by atoms with van der Waals surface area (Å²) in [6, 6.07) is 3.82. The zero-order valence-electron chi connectivity index (χ0n) is 11.1. The lowest BCUT2D eigenvalue weighted by atomic mass is 10.2. The van der Waals surface area contributed by atoms with Crippen LogP contribution in [-0.4, -0.2) is 24.2 Å². The minimum Gasteiger partial charge on any atom is -0.496 e. The monoisotopic (exact) mass is 355 g/mol. The molecule has 0 aliphatic heterocycles. The summed E-state index contributed by atoms with van der Waals surface area (Å²) in [6.07, 6.45) is 3.20. The van der Waals surface area contributed by atoms with E-state index < -0.39 is 0 Å². The van der Waals surface area contributed by atoms with E-state index >= 15 is 0 Å². The first-order valence-electron chi connectivity index (χ1n) is 5.75. The Morgan fingerprint density at radius 1 is 1.15 bits per heavy atom. The lowest BCUT2D eigenvalue weighted by Crippen LogP contribution is -1.97. The maximum absolute atomic E-state index is 5.78. The number of anilines is 1. The molecule has 0 amide bonds. The first kappa shape index (κ1) is 14.9. The number of ether oxygens (including phenoxy) is 2. The molecule has 5 nitrogen and oxygen atoms in total. The van der Waals surface area contributed by atoms with Crippen LogP contribution in [0, 0.1) is 0 Å². The molecule has 0 bridgehead atoms. The highest BCUT2D eigenvalue weighted by atomic mass is 79.9. The number of hydrogen-bond acceptors (Lipinski definition) is 6. The van der Waals surface area contributed by atoms with Crippen LogP contribution in [0.5, 0.6) is 11.5 Å². The van der Waals surface area contributed by atoms with Crippen LogP contribution in [0.1, 0.15) is 5.56 Å². The molecule has 0 aliphatic carbocycles. The van der Waals surface area contributed by atoms with E-state index in [0.29, 0.717) is 16.6 Å². The Labute approximate surface area is 130 Å². The molecular weight excluding hydrogens is 342 g/mol. The summed E-state index contributed by atoms with van der Waals surface area (Å²) in [5, 5.41) is 0.705. The van der Waals surface area contributed by atoms with Crippen LogP contribution in [0.3, 0.4) is 0 Å². The average molecular weight is 356 g/mol. The van der Waals surface area contributed by atoms with E-state index in [-0.39, 0.29) is 0 Å². The van der Waals surface area contributed by atoms with Crippen LogP contribution in [-0.2, 0) is 5.75 Å². The van der Waals surface area contributed by atoms with Gasteiger partial charge >= 0.3 is 0 Å². The summed E-state index contributed by atoms with van der Waals surface area (Å²) in [6.45, 7) is 0. The number of thioether (sulfide) groups is 1. The van der Waals surface area contributed by atoms with E-state index in [1.807, 2.05) is 12.1 Å². The number of nitrogens with two attached hydrogens (primary N) is 1. The molecule has 106 valence electrons. The fraction of sp³-hybridized carbons (Fsp3) is 0.231. The van der Waals surface area contributed by atoms with Crippen molar-refractivity contribution in [3.63, 3.8) is 0 Å². The molecule has 1 heterocycles. The summed E-state index contributed by atoms with van der Waals surface area (Å²) in [4.78, 5) is 8.22. The molecule has 2 N–H and O–H groups in total. The molecule has 0 saturated heterocycles. The molecule has 7 heteroatoms. The number of aromatic nitrogens is 2. The number of halogens is 1. The third kappa shape index (κ3) is 3.34. The van der Waals surface area contributed by atoms with Gasteiger partial charge in [-0.25, -0.2) is 9.97 Å². The zero-order valence-corrected chi connectivity index (χ0v) is 13.5. The predicted octanol–water partition coefficient (Wildman–Crippen LogP) is 3.13. The minimum absolute atomic E-state index is 0.431. The van der Waals surface area contributed by atoms with Gasteiger partial charge in [0.1, 0.15) is 16.5 Å². The van der Waals surface area contributed by atoms with Crippen molar-refractivity contribution in [2.75, 3.05) is 20.0 Å². The molecule has 1 aromatic heterocycles. The molecule has 0 unspecified atom stereocenters. The lowest BCUT2D eigenvalue weighted by Gasteiger charge is -2.12. The Morgan fingerprint density at radius 2 is 1.85 bits per heavy atom. The lowest BCUT2D eigenvalue weighted by molar-refractivity contribution is 0.398. The first-order valence-corrected chi connectivity index (χ1v) is 7.53. The van der Waals surface area contributed by atoms with Crippen LogP contribution in [0.25, 0.3) is 0 Å². The van der Waals surface area contributed by atoms with Gasteiger partial charge in [0, 0.05) is 23.7 Å². The smallest absolute Gasteiger partial charge is 0.156 e. The largest absolute Gasteiger partial charge is 0.496 e.